The topological polar surface area (TPSA) is 27.7 Å². The van der Waals surface area contributed by atoms with Crippen LogP contribution in [0.15, 0.2) is 49.1 Å². The fraction of sp³-hybridized carbons (Fsp3) is 0.263. The van der Waals surface area contributed by atoms with E-state index in [-0.39, 0.29) is 5.92 Å². The summed E-state index contributed by atoms with van der Waals surface area (Å²) in [4.78, 5) is 0. The Bertz CT molecular complexity index is 674. The molecule has 0 saturated carbocycles. The molecule has 3 rings (SSSR count). The summed E-state index contributed by atoms with van der Waals surface area (Å²) >= 11 is 0. The molecular formula is C19H20O3. The highest BCUT2D eigenvalue weighted by Crippen LogP contribution is 2.39. The van der Waals surface area contributed by atoms with Crippen molar-refractivity contribution in [2.75, 3.05) is 13.9 Å². The number of rotatable bonds is 5. The van der Waals surface area contributed by atoms with Gasteiger partial charge in [0.1, 0.15) is 5.75 Å². The van der Waals surface area contributed by atoms with E-state index >= 15 is 0 Å². The van der Waals surface area contributed by atoms with Gasteiger partial charge in [0.15, 0.2) is 11.5 Å². The number of hydrogen-bond donors (Lipinski definition) is 0. The Hall–Kier alpha value is -2.42. The Labute approximate surface area is 131 Å². The monoisotopic (exact) mass is 296 g/mol. The summed E-state index contributed by atoms with van der Waals surface area (Å²) in [5.41, 5.74) is 3.71. The summed E-state index contributed by atoms with van der Waals surface area (Å²) in [6.07, 6.45) is 2.73. The van der Waals surface area contributed by atoms with E-state index < -0.39 is 0 Å². The van der Waals surface area contributed by atoms with E-state index in [4.69, 9.17) is 14.2 Å². The van der Waals surface area contributed by atoms with Gasteiger partial charge in [0.25, 0.3) is 0 Å². The quantitative estimate of drug-likeness (QED) is 0.770. The lowest BCUT2D eigenvalue weighted by molar-refractivity contribution is 0.174. The van der Waals surface area contributed by atoms with Crippen molar-refractivity contribution in [2.24, 2.45) is 0 Å². The highest BCUT2D eigenvalue weighted by atomic mass is 16.7. The molecule has 1 atom stereocenters. The Morgan fingerprint density at radius 2 is 1.86 bits per heavy atom. The minimum Gasteiger partial charge on any atom is -0.497 e. The van der Waals surface area contributed by atoms with Crippen LogP contribution in [0.5, 0.6) is 17.2 Å². The first-order valence-electron chi connectivity index (χ1n) is 7.40. The highest BCUT2D eigenvalue weighted by molar-refractivity contribution is 5.52. The van der Waals surface area contributed by atoms with Gasteiger partial charge in [-0.15, -0.1) is 6.58 Å². The van der Waals surface area contributed by atoms with Gasteiger partial charge < -0.3 is 14.2 Å². The number of fused-ring (bicyclic) bond motifs is 1. The van der Waals surface area contributed by atoms with Crippen LogP contribution in [0.1, 0.15) is 29.5 Å². The molecule has 0 amide bonds. The SMILES string of the molecule is C=CCc1cc2c(cc1C(C)c1ccc(OC)cc1)OCO2. The smallest absolute Gasteiger partial charge is 0.231 e. The number of ether oxygens (including phenoxy) is 3. The van der Waals surface area contributed by atoms with Crippen LogP contribution < -0.4 is 14.2 Å². The van der Waals surface area contributed by atoms with Crippen LogP contribution in [-0.4, -0.2) is 13.9 Å². The van der Waals surface area contributed by atoms with E-state index in [1.54, 1.807) is 7.11 Å². The molecule has 0 aliphatic carbocycles. The van der Waals surface area contributed by atoms with Gasteiger partial charge in [-0.25, -0.2) is 0 Å². The van der Waals surface area contributed by atoms with Crippen LogP contribution in [0, 0.1) is 0 Å². The molecule has 0 fully saturated rings. The van der Waals surface area contributed by atoms with Crippen molar-refractivity contribution in [1.29, 1.82) is 0 Å². The van der Waals surface area contributed by atoms with Crippen molar-refractivity contribution in [3.63, 3.8) is 0 Å². The Morgan fingerprint density at radius 3 is 2.50 bits per heavy atom. The van der Waals surface area contributed by atoms with E-state index in [0.717, 1.165) is 23.7 Å². The zero-order valence-corrected chi connectivity index (χ0v) is 13.0. The molecular weight excluding hydrogens is 276 g/mol. The lowest BCUT2D eigenvalue weighted by atomic mass is 9.88. The molecule has 0 spiro atoms. The molecule has 114 valence electrons. The molecule has 22 heavy (non-hydrogen) atoms. The van der Waals surface area contributed by atoms with Gasteiger partial charge in [-0.05, 0) is 47.4 Å². The summed E-state index contributed by atoms with van der Waals surface area (Å²) in [5.74, 6) is 2.77. The fourth-order valence-electron chi connectivity index (χ4n) is 2.81. The predicted octanol–water partition coefficient (Wildman–Crippen LogP) is 4.30. The molecule has 1 aliphatic heterocycles. The second kappa shape index (κ2) is 6.14. The second-order valence-electron chi connectivity index (χ2n) is 5.39. The minimum atomic E-state index is 0.260. The van der Waals surface area contributed by atoms with Gasteiger partial charge in [0.2, 0.25) is 6.79 Å². The van der Waals surface area contributed by atoms with Gasteiger partial charge in [0.05, 0.1) is 7.11 Å². The van der Waals surface area contributed by atoms with Crippen LogP contribution >= 0.6 is 0 Å². The van der Waals surface area contributed by atoms with Crippen molar-refractivity contribution >= 4 is 0 Å². The average Bonchev–Trinajstić information content (AvgIpc) is 3.01. The molecule has 3 nitrogen and oxygen atoms in total. The molecule has 1 aliphatic rings. The molecule has 0 aromatic heterocycles. The van der Waals surface area contributed by atoms with E-state index in [0.29, 0.717) is 6.79 Å². The van der Waals surface area contributed by atoms with Crippen molar-refractivity contribution < 1.29 is 14.2 Å². The summed E-state index contributed by atoms with van der Waals surface area (Å²) in [5, 5.41) is 0. The van der Waals surface area contributed by atoms with Crippen LogP contribution in [0.2, 0.25) is 0 Å². The molecule has 1 unspecified atom stereocenters. The molecule has 3 heteroatoms. The van der Waals surface area contributed by atoms with Crippen molar-refractivity contribution in [3.05, 3.63) is 65.7 Å². The normalized spacial score (nSPS) is 13.7. The first kappa shape index (κ1) is 14.5. The first-order valence-corrected chi connectivity index (χ1v) is 7.40. The average molecular weight is 296 g/mol. The maximum Gasteiger partial charge on any atom is 0.231 e. The Balaban J connectivity index is 1.99. The fourth-order valence-corrected chi connectivity index (χ4v) is 2.81. The number of allylic oxidation sites excluding steroid dienone is 1. The molecule has 0 bridgehead atoms. The Kier molecular flexibility index (Phi) is 4.05. The van der Waals surface area contributed by atoms with Gasteiger partial charge in [-0.2, -0.15) is 0 Å². The number of hydrogen-bond acceptors (Lipinski definition) is 3. The van der Waals surface area contributed by atoms with Crippen molar-refractivity contribution in [3.8, 4) is 17.2 Å². The van der Waals surface area contributed by atoms with E-state index in [1.807, 2.05) is 18.2 Å². The highest BCUT2D eigenvalue weighted by Gasteiger charge is 2.20. The third-order valence-electron chi connectivity index (χ3n) is 4.08. The van der Waals surface area contributed by atoms with E-state index in [9.17, 15) is 0 Å². The Morgan fingerprint density at radius 1 is 1.18 bits per heavy atom. The summed E-state index contributed by atoms with van der Waals surface area (Å²) in [6, 6.07) is 12.4. The van der Waals surface area contributed by atoms with Gasteiger partial charge in [0, 0.05) is 5.92 Å². The van der Waals surface area contributed by atoms with Crippen LogP contribution in [0.25, 0.3) is 0 Å². The lowest BCUT2D eigenvalue weighted by Crippen LogP contribution is -2.01. The lowest BCUT2D eigenvalue weighted by Gasteiger charge is -2.17. The summed E-state index contributed by atoms with van der Waals surface area (Å²) < 4.78 is 16.2. The van der Waals surface area contributed by atoms with Crippen LogP contribution in [0.4, 0.5) is 0 Å². The summed E-state index contributed by atoms with van der Waals surface area (Å²) in [7, 11) is 1.68. The molecule has 0 N–H and O–H groups in total. The number of benzene rings is 2. The van der Waals surface area contributed by atoms with Crippen molar-refractivity contribution in [2.45, 2.75) is 19.3 Å². The third kappa shape index (κ3) is 2.67. The van der Waals surface area contributed by atoms with E-state index in [2.05, 4.69) is 37.8 Å². The van der Waals surface area contributed by atoms with Crippen LogP contribution in [-0.2, 0) is 6.42 Å². The standard InChI is InChI=1S/C19H20O3/c1-4-5-15-10-18-19(22-12-21-18)11-17(15)13(2)14-6-8-16(20-3)9-7-14/h4,6-11,13H,1,5,12H2,2-3H3. The molecule has 0 saturated heterocycles. The minimum absolute atomic E-state index is 0.260. The predicted molar refractivity (Wildman–Crippen MR) is 87.0 cm³/mol. The first-order chi connectivity index (χ1) is 10.7. The van der Waals surface area contributed by atoms with Gasteiger partial charge >= 0.3 is 0 Å². The molecule has 0 radical (unpaired) electrons. The zero-order valence-electron chi connectivity index (χ0n) is 13.0. The van der Waals surface area contributed by atoms with Gasteiger partial charge in [-0.1, -0.05) is 25.1 Å². The molecule has 2 aromatic rings. The maximum absolute atomic E-state index is 5.53. The molecule has 1 heterocycles. The second-order valence-corrected chi connectivity index (χ2v) is 5.39. The molecule has 2 aromatic carbocycles. The zero-order chi connectivity index (χ0) is 15.5. The van der Waals surface area contributed by atoms with E-state index in [1.165, 1.54) is 16.7 Å². The van der Waals surface area contributed by atoms with Gasteiger partial charge in [-0.3, -0.25) is 0 Å². The largest absolute Gasteiger partial charge is 0.497 e. The van der Waals surface area contributed by atoms with Crippen LogP contribution in [0.3, 0.4) is 0 Å². The van der Waals surface area contributed by atoms with Crippen molar-refractivity contribution in [1.82, 2.24) is 0 Å². The summed E-state index contributed by atoms with van der Waals surface area (Å²) in [6.45, 7) is 6.35. The number of methoxy groups -OCH3 is 1. The maximum atomic E-state index is 5.53. The third-order valence-corrected chi connectivity index (χ3v) is 4.08.